The lowest BCUT2D eigenvalue weighted by molar-refractivity contribution is 0.280. The molecule has 0 aromatic carbocycles. The number of anilines is 1. The molecule has 0 aliphatic heterocycles. The summed E-state index contributed by atoms with van der Waals surface area (Å²) in [5.41, 5.74) is 5.28. The number of hydrogen-bond donors (Lipinski definition) is 2. The van der Waals surface area contributed by atoms with Crippen LogP contribution in [-0.2, 0) is 6.42 Å². The highest BCUT2D eigenvalue weighted by Crippen LogP contribution is 2.06. The Labute approximate surface area is 58.6 Å². The van der Waals surface area contributed by atoms with Crippen LogP contribution < -0.4 is 5.73 Å². The zero-order chi connectivity index (χ0) is 7.40. The van der Waals surface area contributed by atoms with Crippen LogP contribution in [-0.4, -0.2) is 16.9 Å². The topological polar surface area (TPSA) is 72.3 Å². The van der Waals surface area contributed by atoms with Gasteiger partial charge in [0.2, 0.25) is 0 Å². The predicted octanol–water partition coefficient (Wildman–Crippen LogP) is 0.182. The molecule has 1 rings (SSSR count). The Kier molecular flexibility index (Phi) is 2.28. The number of rotatable bonds is 3. The van der Waals surface area contributed by atoms with Gasteiger partial charge in [-0.15, -0.1) is 0 Å². The van der Waals surface area contributed by atoms with Crippen molar-refractivity contribution in [2.24, 2.45) is 0 Å². The van der Waals surface area contributed by atoms with E-state index in [0.717, 1.165) is 5.76 Å². The van der Waals surface area contributed by atoms with Crippen LogP contribution in [0.2, 0.25) is 0 Å². The normalized spacial score (nSPS) is 10.1. The molecule has 0 bridgehead atoms. The number of aryl methyl sites for hydroxylation is 1. The maximum atomic E-state index is 8.44. The van der Waals surface area contributed by atoms with Gasteiger partial charge in [-0.25, -0.2) is 0 Å². The van der Waals surface area contributed by atoms with E-state index in [1.54, 1.807) is 6.07 Å². The summed E-state index contributed by atoms with van der Waals surface area (Å²) in [6, 6.07) is 1.66. The van der Waals surface area contributed by atoms with Gasteiger partial charge in [-0.05, 0) is 6.42 Å². The first-order valence-corrected chi connectivity index (χ1v) is 3.15. The quantitative estimate of drug-likeness (QED) is 0.631. The van der Waals surface area contributed by atoms with Crippen LogP contribution in [0.4, 0.5) is 5.82 Å². The van der Waals surface area contributed by atoms with Gasteiger partial charge < -0.3 is 15.4 Å². The second-order valence-electron chi connectivity index (χ2n) is 2.05. The molecule has 0 spiro atoms. The molecule has 0 radical (unpaired) electrons. The highest BCUT2D eigenvalue weighted by atomic mass is 16.5. The summed E-state index contributed by atoms with van der Waals surface area (Å²) in [6.45, 7) is 0.167. The Bertz CT molecular complexity index is 197. The Balaban J connectivity index is 2.42. The van der Waals surface area contributed by atoms with E-state index in [0.29, 0.717) is 18.7 Å². The molecular weight excluding hydrogens is 132 g/mol. The summed E-state index contributed by atoms with van der Waals surface area (Å²) in [5.74, 6) is 1.12. The van der Waals surface area contributed by atoms with Crippen LogP contribution >= 0.6 is 0 Å². The molecule has 0 amide bonds. The number of aromatic nitrogens is 1. The van der Waals surface area contributed by atoms with Crippen LogP contribution in [0.15, 0.2) is 10.6 Å². The first kappa shape index (κ1) is 7.08. The van der Waals surface area contributed by atoms with Crippen molar-refractivity contribution in [1.29, 1.82) is 0 Å². The maximum Gasteiger partial charge on any atom is 0.167 e. The molecule has 0 aliphatic rings. The van der Waals surface area contributed by atoms with E-state index in [1.165, 1.54) is 0 Å². The molecule has 0 aliphatic carbocycles. The van der Waals surface area contributed by atoms with Crippen molar-refractivity contribution in [3.63, 3.8) is 0 Å². The maximum absolute atomic E-state index is 8.44. The number of nitrogen functional groups attached to an aromatic ring is 1. The molecule has 10 heavy (non-hydrogen) atoms. The SMILES string of the molecule is Nc1cc(CCCO)on1. The van der Waals surface area contributed by atoms with Crippen molar-refractivity contribution in [2.75, 3.05) is 12.3 Å². The Morgan fingerprint density at radius 3 is 3.00 bits per heavy atom. The average molecular weight is 142 g/mol. The monoisotopic (exact) mass is 142 g/mol. The van der Waals surface area contributed by atoms with Gasteiger partial charge in [0.1, 0.15) is 5.76 Å². The second kappa shape index (κ2) is 3.22. The van der Waals surface area contributed by atoms with Gasteiger partial charge in [0.05, 0.1) is 0 Å². The number of aliphatic hydroxyl groups is 1. The third-order valence-electron chi connectivity index (χ3n) is 1.16. The first-order chi connectivity index (χ1) is 4.83. The number of aliphatic hydroxyl groups excluding tert-OH is 1. The Hall–Kier alpha value is -1.03. The van der Waals surface area contributed by atoms with Gasteiger partial charge in [0, 0.05) is 19.1 Å². The summed E-state index contributed by atoms with van der Waals surface area (Å²) in [6.07, 6.45) is 1.38. The molecule has 0 saturated carbocycles. The second-order valence-corrected chi connectivity index (χ2v) is 2.05. The largest absolute Gasteiger partial charge is 0.396 e. The molecule has 4 heteroatoms. The van der Waals surface area contributed by atoms with E-state index in [-0.39, 0.29) is 6.61 Å². The Morgan fingerprint density at radius 1 is 1.70 bits per heavy atom. The first-order valence-electron chi connectivity index (χ1n) is 3.15. The third kappa shape index (κ3) is 1.73. The van der Waals surface area contributed by atoms with Crippen molar-refractivity contribution < 1.29 is 9.63 Å². The fraction of sp³-hybridized carbons (Fsp3) is 0.500. The smallest absolute Gasteiger partial charge is 0.167 e. The molecule has 3 N–H and O–H groups in total. The molecule has 1 aromatic heterocycles. The van der Waals surface area contributed by atoms with E-state index >= 15 is 0 Å². The van der Waals surface area contributed by atoms with Gasteiger partial charge in [-0.1, -0.05) is 5.16 Å². The van der Waals surface area contributed by atoms with Crippen molar-refractivity contribution in [3.05, 3.63) is 11.8 Å². The van der Waals surface area contributed by atoms with Gasteiger partial charge in [0.15, 0.2) is 5.82 Å². The van der Waals surface area contributed by atoms with Crippen LogP contribution in [0.3, 0.4) is 0 Å². The van der Waals surface area contributed by atoms with E-state index in [4.69, 9.17) is 15.4 Å². The summed E-state index contributed by atoms with van der Waals surface area (Å²) in [7, 11) is 0. The van der Waals surface area contributed by atoms with Gasteiger partial charge >= 0.3 is 0 Å². The van der Waals surface area contributed by atoms with Gasteiger partial charge in [-0.3, -0.25) is 0 Å². The molecule has 0 unspecified atom stereocenters. The fourth-order valence-electron chi connectivity index (χ4n) is 0.700. The highest BCUT2D eigenvalue weighted by Gasteiger charge is 1.98. The summed E-state index contributed by atoms with van der Waals surface area (Å²) in [4.78, 5) is 0. The highest BCUT2D eigenvalue weighted by molar-refractivity contribution is 5.26. The lowest BCUT2D eigenvalue weighted by atomic mass is 10.2. The molecule has 1 heterocycles. The molecular formula is C6H10N2O2. The summed E-state index contributed by atoms with van der Waals surface area (Å²) >= 11 is 0. The van der Waals surface area contributed by atoms with E-state index in [9.17, 15) is 0 Å². The number of hydrogen-bond acceptors (Lipinski definition) is 4. The average Bonchev–Trinajstić information content (AvgIpc) is 2.31. The van der Waals surface area contributed by atoms with E-state index < -0.39 is 0 Å². The molecule has 1 aromatic rings. The lowest BCUT2D eigenvalue weighted by Gasteiger charge is -1.88. The molecule has 0 saturated heterocycles. The van der Waals surface area contributed by atoms with Crippen LogP contribution in [0.5, 0.6) is 0 Å². The zero-order valence-corrected chi connectivity index (χ0v) is 5.58. The standard InChI is InChI=1S/C6H10N2O2/c7-6-4-5(10-8-6)2-1-3-9/h4,9H,1-3H2,(H2,7,8). The molecule has 4 nitrogen and oxygen atoms in total. The Morgan fingerprint density at radius 2 is 2.50 bits per heavy atom. The minimum absolute atomic E-state index is 0.167. The number of nitrogens with two attached hydrogens (primary N) is 1. The summed E-state index contributed by atoms with van der Waals surface area (Å²) < 4.78 is 4.78. The predicted molar refractivity (Wildman–Crippen MR) is 36.3 cm³/mol. The van der Waals surface area contributed by atoms with Crippen LogP contribution in [0.1, 0.15) is 12.2 Å². The minimum Gasteiger partial charge on any atom is -0.396 e. The lowest BCUT2D eigenvalue weighted by Crippen LogP contribution is -1.86. The van der Waals surface area contributed by atoms with Crippen molar-refractivity contribution in [1.82, 2.24) is 5.16 Å². The van der Waals surface area contributed by atoms with E-state index in [2.05, 4.69) is 5.16 Å². The molecule has 0 fully saturated rings. The number of nitrogens with zero attached hydrogens (tertiary/aromatic N) is 1. The van der Waals surface area contributed by atoms with Gasteiger partial charge in [0.25, 0.3) is 0 Å². The van der Waals surface area contributed by atoms with Gasteiger partial charge in [-0.2, -0.15) is 0 Å². The van der Waals surface area contributed by atoms with Crippen molar-refractivity contribution >= 4 is 5.82 Å². The zero-order valence-electron chi connectivity index (χ0n) is 5.58. The molecule has 56 valence electrons. The fourth-order valence-corrected chi connectivity index (χ4v) is 0.700. The van der Waals surface area contributed by atoms with Crippen molar-refractivity contribution in [3.8, 4) is 0 Å². The third-order valence-corrected chi connectivity index (χ3v) is 1.16. The summed E-state index contributed by atoms with van der Waals surface area (Å²) in [5, 5.41) is 11.9. The molecule has 0 atom stereocenters. The van der Waals surface area contributed by atoms with Crippen molar-refractivity contribution in [2.45, 2.75) is 12.8 Å². The van der Waals surface area contributed by atoms with E-state index in [1.807, 2.05) is 0 Å². The van der Waals surface area contributed by atoms with Crippen LogP contribution in [0, 0.1) is 0 Å². The van der Waals surface area contributed by atoms with Crippen LogP contribution in [0.25, 0.3) is 0 Å². The minimum atomic E-state index is 0.167.